The maximum Gasteiger partial charge on any atom is 0.0965 e. The van der Waals surface area contributed by atoms with Crippen molar-refractivity contribution in [2.45, 2.75) is 60.5 Å². The topological polar surface area (TPSA) is 42.7 Å². The van der Waals surface area contributed by atoms with Gasteiger partial charge in [-0.2, -0.15) is 0 Å². The summed E-state index contributed by atoms with van der Waals surface area (Å²) in [6.45, 7) is 17.3. The quantitative estimate of drug-likeness (QED) is 0.896. The molecule has 18 heavy (non-hydrogen) atoms. The zero-order valence-electron chi connectivity index (χ0n) is 12.9. The molecule has 1 rings (SSSR count). The van der Waals surface area contributed by atoms with Gasteiger partial charge in [0, 0.05) is 6.54 Å². The van der Waals surface area contributed by atoms with Crippen LogP contribution in [0.4, 0.5) is 0 Å². The average Bonchev–Trinajstić information content (AvgIpc) is 2.64. The highest BCUT2D eigenvalue weighted by Crippen LogP contribution is 2.24. The standard InChI is InChI=1S/C14H28N4/c1-11(13(2,3)4)8-15-9-12-10-18(17-16-12)14(5,6)7/h10-11,15H,8-9H2,1-7H3. The summed E-state index contributed by atoms with van der Waals surface area (Å²) in [5.41, 5.74) is 1.35. The first-order valence-electron chi connectivity index (χ1n) is 6.73. The summed E-state index contributed by atoms with van der Waals surface area (Å²) in [6.07, 6.45) is 2.02. The lowest BCUT2D eigenvalue weighted by Gasteiger charge is -2.27. The Balaban J connectivity index is 2.43. The lowest BCUT2D eigenvalue weighted by molar-refractivity contribution is 0.252. The zero-order chi connectivity index (χ0) is 14.0. The van der Waals surface area contributed by atoms with E-state index >= 15 is 0 Å². The Kier molecular flexibility index (Phi) is 4.54. The zero-order valence-corrected chi connectivity index (χ0v) is 12.9. The number of nitrogens with one attached hydrogen (secondary N) is 1. The summed E-state index contributed by atoms with van der Waals surface area (Å²) in [7, 11) is 0. The first-order chi connectivity index (χ1) is 8.10. The van der Waals surface area contributed by atoms with Crippen LogP contribution in [0.2, 0.25) is 0 Å². The van der Waals surface area contributed by atoms with Gasteiger partial charge in [0.05, 0.1) is 17.4 Å². The molecule has 0 aliphatic heterocycles. The van der Waals surface area contributed by atoms with Crippen LogP contribution in [0, 0.1) is 11.3 Å². The van der Waals surface area contributed by atoms with E-state index in [0.29, 0.717) is 11.3 Å². The lowest BCUT2D eigenvalue weighted by Crippen LogP contribution is -2.29. The van der Waals surface area contributed by atoms with Gasteiger partial charge in [0.2, 0.25) is 0 Å². The molecule has 0 radical (unpaired) electrons. The normalized spacial score (nSPS) is 14.8. The van der Waals surface area contributed by atoms with Crippen molar-refractivity contribution in [3.8, 4) is 0 Å². The molecule has 4 heteroatoms. The largest absolute Gasteiger partial charge is 0.311 e. The van der Waals surface area contributed by atoms with E-state index in [1.807, 2.05) is 10.9 Å². The molecule has 1 N–H and O–H groups in total. The second-order valence-electron chi connectivity index (χ2n) is 7.22. The highest BCUT2D eigenvalue weighted by molar-refractivity contribution is 4.94. The van der Waals surface area contributed by atoms with E-state index in [-0.39, 0.29) is 5.54 Å². The fraction of sp³-hybridized carbons (Fsp3) is 0.857. The van der Waals surface area contributed by atoms with Gasteiger partial charge in [0.25, 0.3) is 0 Å². The summed E-state index contributed by atoms with van der Waals surface area (Å²) in [4.78, 5) is 0. The van der Waals surface area contributed by atoms with Gasteiger partial charge >= 0.3 is 0 Å². The fourth-order valence-electron chi connectivity index (χ4n) is 1.43. The molecule has 1 aromatic rings. The predicted octanol–water partition coefficient (Wildman–Crippen LogP) is 2.80. The fourth-order valence-corrected chi connectivity index (χ4v) is 1.43. The number of aromatic nitrogens is 3. The third-order valence-electron chi connectivity index (χ3n) is 3.46. The highest BCUT2D eigenvalue weighted by atomic mass is 15.4. The van der Waals surface area contributed by atoms with Crippen LogP contribution in [0.3, 0.4) is 0 Å². The van der Waals surface area contributed by atoms with E-state index in [2.05, 4.69) is 64.1 Å². The SMILES string of the molecule is CC(CNCc1cn(C(C)(C)C)nn1)C(C)(C)C. The Morgan fingerprint density at radius 3 is 2.28 bits per heavy atom. The Morgan fingerprint density at radius 2 is 1.83 bits per heavy atom. The van der Waals surface area contributed by atoms with Gasteiger partial charge in [0.15, 0.2) is 0 Å². The lowest BCUT2D eigenvalue weighted by atomic mass is 9.82. The predicted molar refractivity (Wildman–Crippen MR) is 75.3 cm³/mol. The van der Waals surface area contributed by atoms with Gasteiger partial charge in [-0.15, -0.1) is 5.10 Å². The van der Waals surface area contributed by atoms with Crippen molar-refractivity contribution < 1.29 is 0 Å². The summed E-state index contributed by atoms with van der Waals surface area (Å²) in [6, 6.07) is 0. The Bertz CT molecular complexity index is 368. The average molecular weight is 252 g/mol. The molecule has 4 nitrogen and oxygen atoms in total. The van der Waals surface area contributed by atoms with Gasteiger partial charge < -0.3 is 5.32 Å². The van der Waals surface area contributed by atoms with Crippen LogP contribution >= 0.6 is 0 Å². The van der Waals surface area contributed by atoms with E-state index in [0.717, 1.165) is 18.8 Å². The maximum absolute atomic E-state index is 4.19. The third-order valence-corrected chi connectivity index (χ3v) is 3.46. The first-order valence-corrected chi connectivity index (χ1v) is 6.73. The van der Waals surface area contributed by atoms with E-state index in [1.54, 1.807) is 0 Å². The van der Waals surface area contributed by atoms with Gasteiger partial charge in [-0.1, -0.05) is 32.9 Å². The second kappa shape index (κ2) is 5.39. The Morgan fingerprint density at radius 1 is 1.22 bits per heavy atom. The van der Waals surface area contributed by atoms with E-state index in [1.165, 1.54) is 0 Å². The van der Waals surface area contributed by atoms with Crippen LogP contribution in [0.1, 0.15) is 54.2 Å². The molecule has 0 amide bonds. The van der Waals surface area contributed by atoms with Crippen molar-refractivity contribution in [1.82, 2.24) is 20.3 Å². The monoisotopic (exact) mass is 252 g/mol. The van der Waals surface area contributed by atoms with Gasteiger partial charge in [-0.3, -0.25) is 0 Å². The van der Waals surface area contributed by atoms with E-state index in [4.69, 9.17) is 0 Å². The van der Waals surface area contributed by atoms with E-state index < -0.39 is 0 Å². The smallest absolute Gasteiger partial charge is 0.0965 e. The maximum atomic E-state index is 4.19. The summed E-state index contributed by atoms with van der Waals surface area (Å²) < 4.78 is 1.91. The van der Waals surface area contributed by atoms with Crippen molar-refractivity contribution in [3.63, 3.8) is 0 Å². The minimum Gasteiger partial charge on any atom is -0.311 e. The van der Waals surface area contributed by atoms with Gasteiger partial charge in [-0.25, -0.2) is 4.68 Å². The van der Waals surface area contributed by atoms with Crippen LogP contribution in [0.25, 0.3) is 0 Å². The van der Waals surface area contributed by atoms with Crippen molar-refractivity contribution in [1.29, 1.82) is 0 Å². The molecule has 1 atom stereocenters. The minimum absolute atomic E-state index is 0.00392. The summed E-state index contributed by atoms with van der Waals surface area (Å²) in [5.74, 6) is 0.634. The van der Waals surface area contributed by atoms with Crippen LogP contribution in [-0.2, 0) is 12.1 Å². The van der Waals surface area contributed by atoms with Crippen LogP contribution in [0.15, 0.2) is 6.20 Å². The number of rotatable bonds is 4. The molecular weight excluding hydrogens is 224 g/mol. The number of hydrogen-bond acceptors (Lipinski definition) is 3. The molecule has 104 valence electrons. The highest BCUT2D eigenvalue weighted by Gasteiger charge is 2.19. The van der Waals surface area contributed by atoms with Crippen molar-refractivity contribution >= 4 is 0 Å². The molecule has 1 unspecified atom stereocenters. The molecule has 0 aromatic carbocycles. The third kappa shape index (κ3) is 4.41. The summed E-state index contributed by atoms with van der Waals surface area (Å²) in [5, 5.41) is 11.8. The molecule has 0 aliphatic carbocycles. The van der Waals surface area contributed by atoms with Crippen molar-refractivity contribution in [3.05, 3.63) is 11.9 Å². The molecule has 0 aliphatic rings. The molecule has 1 aromatic heterocycles. The molecular formula is C14H28N4. The van der Waals surface area contributed by atoms with Gasteiger partial charge in [-0.05, 0) is 38.6 Å². The first kappa shape index (κ1) is 15.2. The van der Waals surface area contributed by atoms with Gasteiger partial charge in [0.1, 0.15) is 0 Å². The molecule has 1 heterocycles. The molecule has 0 bridgehead atoms. The Labute approximate surface area is 111 Å². The van der Waals surface area contributed by atoms with Crippen molar-refractivity contribution in [2.24, 2.45) is 11.3 Å². The van der Waals surface area contributed by atoms with Crippen molar-refractivity contribution in [2.75, 3.05) is 6.54 Å². The molecule has 0 fully saturated rings. The minimum atomic E-state index is 0.00392. The van der Waals surface area contributed by atoms with Crippen LogP contribution in [0.5, 0.6) is 0 Å². The Hall–Kier alpha value is -0.900. The number of hydrogen-bond donors (Lipinski definition) is 1. The molecule has 0 spiro atoms. The second-order valence-corrected chi connectivity index (χ2v) is 7.22. The number of nitrogens with zero attached hydrogens (tertiary/aromatic N) is 3. The molecule has 0 saturated carbocycles. The van der Waals surface area contributed by atoms with E-state index in [9.17, 15) is 0 Å². The van der Waals surface area contributed by atoms with Crippen LogP contribution in [-0.4, -0.2) is 21.5 Å². The molecule has 0 saturated heterocycles. The summed E-state index contributed by atoms with van der Waals surface area (Å²) >= 11 is 0. The van der Waals surface area contributed by atoms with Crippen LogP contribution < -0.4 is 5.32 Å².